The standard InChI is InChI=1S/C12H16BrN3O/c1-16-10(4-5-11(16)13)12(17)15-9-6-7-2-3-8(9)14-7/h4-5,7-9,14H,2-3,6H2,1H3,(H,15,17)/t7-,8+,9-/m1/s1. The summed E-state index contributed by atoms with van der Waals surface area (Å²) in [5.74, 6) is 0.0255. The van der Waals surface area contributed by atoms with Crippen LogP contribution in [0.25, 0.3) is 0 Å². The number of fused-ring (bicyclic) bond motifs is 2. The molecule has 3 heterocycles. The highest BCUT2D eigenvalue weighted by Crippen LogP contribution is 2.28. The van der Waals surface area contributed by atoms with Gasteiger partial charge in [-0.25, -0.2) is 0 Å². The van der Waals surface area contributed by atoms with E-state index in [0.717, 1.165) is 11.0 Å². The van der Waals surface area contributed by atoms with Gasteiger partial charge < -0.3 is 15.2 Å². The Bertz CT molecular complexity index is 457. The molecule has 1 aromatic rings. The fraction of sp³-hybridized carbons (Fsp3) is 0.583. The Kier molecular flexibility index (Phi) is 2.75. The van der Waals surface area contributed by atoms with Crippen molar-refractivity contribution in [3.8, 4) is 0 Å². The average molecular weight is 298 g/mol. The number of carbonyl (C=O) groups is 1. The quantitative estimate of drug-likeness (QED) is 0.867. The smallest absolute Gasteiger partial charge is 0.268 e. The van der Waals surface area contributed by atoms with Crippen LogP contribution in [0.1, 0.15) is 29.8 Å². The molecule has 2 bridgehead atoms. The molecule has 2 aliphatic rings. The number of rotatable bonds is 2. The molecule has 0 aliphatic carbocycles. The highest BCUT2D eigenvalue weighted by atomic mass is 79.9. The minimum Gasteiger partial charge on any atom is -0.346 e. The molecule has 0 radical (unpaired) electrons. The Morgan fingerprint density at radius 2 is 2.35 bits per heavy atom. The van der Waals surface area contributed by atoms with Crippen LogP contribution in [0.15, 0.2) is 16.7 Å². The zero-order valence-electron chi connectivity index (χ0n) is 9.74. The zero-order valence-corrected chi connectivity index (χ0v) is 11.3. The molecule has 5 heteroatoms. The third-order valence-electron chi connectivity index (χ3n) is 3.91. The number of hydrogen-bond acceptors (Lipinski definition) is 2. The summed E-state index contributed by atoms with van der Waals surface area (Å²) in [6.45, 7) is 0. The van der Waals surface area contributed by atoms with Gasteiger partial charge in [0.25, 0.3) is 5.91 Å². The first-order valence-corrected chi connectivity index (χ1v) is 6.82. The van der Waals surface area contributed by atoms with Crippen molar-refractivity contribution in [1.82, 2.24) is 15.2 Å². The van der Waals surface area contributed by atoms with Gasteiger partial charge in [0.15, 0.2) is 0 Å². The van der Waals surface area contributed by atoms with Crippen LogP contribution in [-0.2, 0) is 7.05 Å². The molecule has 1 amide bonds. The molecule has 3 atom stereocenters. The molecule has 0 aromatic carbocycles. The van der Waals surface area contributed by atoms with Gasteiger partial charge in [-0.1, -0.05) is 0 Å². The second kappa shape index (κ2) is 4.14. The molecule has 1 aromatic heterocycles. The molecular weight excluding hydrogens is 282 g/mol. The zero-order chi connectivity index (χ0) is 12.0. The molecule has 3 rings (SSSR count). The molecule has 0 unspecified atom stereocenters. The molecule has 2 saturated heterocycles. The van der Waals surface area contributed by atoms with Gasteiger partial charge in [-0.3, -0.25) is 4.79 Å². The minimum atomic E-state index is 0.0255. The largest absolute Gasteiger partial charge is 0.346 e. The second-order valence-corrected chi connectivity index (χ2v) is 5.78. The molecule has 2 N–H and O–H groups in total. The van der Waals surface area contributed by atoms with Gasteiger partial charge >= 0.3 is 0 Å². The van der Waals surface area contributed by atoms with Crippen LogP contribution in [0.3, 0.4) is 0 Å². The number of nitrogens with one attached hydrogen (secondary N) is 2. The first kappa shape index (κ1) is 11.3. The Hall–Kier alpha value is -0.810. The highest BCUT2D eigenvalue weighted by molar-refractivity contribution is 9.10. The molecule has 0 saturated carbocycles. The lowest BCUT2D eigenvalue weighted by Gasteiger charge is -2.21. The summed E-state index contributed by atoms with van der Waals surface area (Å²) in [6.07, 6.45) is 3.52. The third kappa shape index (κ3) is 1.91. The number of aromatic nitrogens is 1. The Balaban J connectivity index is 1.70. The van der Waals surface area contributed by atoms with E-state index in [-0.39, 0.29) is 5.91 Å². The van der Waals surface area contributed by atoms with Gasteiger partial charge in [0.2, 0.25) is 0 Å². The maximum Gasteiger partial charge on any atom is 0.268 e. The van der Waals surface area contributed by atoms with E-state index in [2.05, 4.69) is 26.6 Å². The lowest BCUT2D eigenvalue weighted by molar-refractivity contribution is 0.0922. The van der Waals surface area contributed by atoms with Crippen molar-refractivity contribution >= 4 is 21.8 Å². The Morgan fingerprint density at radius 1 is 1.53 bits per heavy atom. The first-order chi connectivity index (χ1) is 8.15. The van der Waals surface area contributed by atoms with Crippen LogP contribution < -0.4 is 10.6 Å². The van der Waals surface area contributed by atoms with Crippen LogP contribution in [0.4, 0.5) is 0 Å². The van der Waals surface area contributed by atoms with Gasteiger partial charge in [-0.05, 0) is 47.3 Å². The van der Waals surface area contributed by atoms with Crippen molar-refractivity contribution in [3.63, 3.8) is 0 Å². The van der Waals surface area contributed by atoms with E-state index in [4.69, 9.17) is 0 Å². The van der Waals surface area contributed by atoms with E-state index in [1.165, 1.54) is 12.8 Å². The van der Waals surface area contributed by atoms with E-state index < -0.39 is 0 Å². The lowest BCUT2D eigenvalue weighted by Crippen LogP contribution is -2.43. The number of carbonyl (C=O) groups excluding carboxylic acids is 1. The molecule has 17 heavy (non-hydrogen) atoms. The first-order valence-electron chi connectivity index (χ1n) is 6.03. The summed E-state index contributed by atoms with van der Waals surface area (Å²) >= 11 is 3.40. The van der Waals surface area contributed by atoms with E-state index in [9.17, 15) is 4.79 Å². The summed E-state index contributed by atoms with van der Waals surface area (Å²) in [7, 11) is 1.89. The van der Waals surface area contributed by atoms with Crippen molar-refractivity contribution in [2.24, 2.45) is 7.05 Å². The van der Waals surface area contributed by atoms with Gasteiger partial charge in [-0.2, -0.15) is 0 Å². The van der Waals surface area contributed by atoms with E-state index in [1.807, 2.05) is 23.7 Å². The topological polar surface area (TPSA) is 46.1 Å². The fourth-order valence-corrected chi connectivity index (χ4v) is 3.26. The van der Waals surface area contributed by atoms with Crippen molar-refractivity contribution in [1.29, 1.82) is 0 Å². The maximum absolute atomic E-state index is 12.1. The summed E-state index contributed by atoms with van der Waals surface area (Å²) in [5, 5.41) is 6.66. The minimum absolute atomic E-state index is 0.0255. The van der Waals surface area contributed by atoms with Gasteiger partial charge in [0, 0.05) is 25.2 Å². The van der Waals surface area contributed by atoms with E-state index >= 15 is 0 Å². The van der Waals surface area contributed by atoms with Gasteiger partial charge in [0.1, 0.15) is 5.69 Å². The average Bonchev–Trinajstić information content (AvgIpc) is 2.96. The summed E-state index contributed by atoms with van der Waals surface area (Å²) in [4.78, 5) is 12.1. The summed E-state index contributed by atoms with van der Waals surface area (Å²) in [5.41, 5.74) is 0.708. The normalized spacial score (nSPS) is 30.8. The molecule has 92 valence electrons. The number of halogens is 1. The van der Waals surface area contributed by atoms with Crippen LogP contribution in [-0.4, -0.2) is 28.6 Å². The van der Waals surface area contributed by atoms with Crippen LogP contribution in [0, 0.1) is 0 Å². The summed E-state index contributed by atoms with van der Waals surface area (Å²) < 4.78 is 2.78. The van der Waals surface area contributed by atoms with Crippen LogP contribution >= 0.6 is 15.9 Å². The monoisotopic (exact) mass is 297 g/mol. The highest BCUT2D eigenvalue weighted by Gasteiger charge is 2.39. The van der Waals surface area contributed by atoms with E-state index in [1.54, 1.807) is 0 Å². The summed E-state index contributed by atoms with van der Waals surface area (Å²) in [6, 6.07) is 5.14. The van der Waals surface area contributed by atoms with Crippen LogP contribution in [0.5, 0.6) is 0 Å². The van der Waals surface area contributed by atoms with E-state index in [0.29, 0.717) is 23.8 Å². The van der Waals surface area contributed by atoms with Gasteiger partial charge in [-0.15, -0.1) is 0 Å². The Labute approximate surface area is 109 Å². The predicted octanol–water partition coefficient (Wildman–Crippen LogP) is 1.41. The predicted molar refractivity (Wildman–Crippen MR) is 68.9 cm³/mol. The van der Waals surface area contributed by atoms with Crippen molar-refractivity contribution < 1.29 is 4.79 Å². The molecular formula is C12H16BrN3O. The van der Waals surface area contributed by atoms with Crippen molar-refractivity contribution in [3.05, 3.63) is 22.4 Å². The third-order valence-corrected chi connectivity index (χ3v) is 4.71. The fourth-order valence-electron chi connectivity index (χ4n) is 2.94. The van der Waals surface area contributed by atoms with Crippen molar-refractivity contribution in [2.45, 2.75) is 37.4 Å². The molecule has 2 fully saturated rings. The van der Waals surface area contributed by atoms with Crippen molar-refractivity contribution in [2.75, 3.05) is 0 Å². The van der Waals surface area contributed by atoms with Gasteiger partial charge in [0.05, 0.1) is 4.60 Å². The number of hydrogen-bond donors (Lipinski definition) is 2. The second-order valence-electron chi connectivity index (χ2n) is 4.96. The Morgan fingerprint density at radius 3 is 2.88 bits per heavy atom. The molecule has 4 nitrogen and oxygen atoms in total. The number of nitrogens with zero attached hydrogens (tertiary/aromatic N) is 1. The van der Waals surface area contributed by atoms with Crippen LogP contribution in [0.2, 0.25) is 0 Å². The maximum atomic E-state index is 12.1. The molecule has 2 aliphatic heterocycles. The SMILES string of the molecule is Cn1c(Br)ccc1C(=O)N[C@@H]1C[C@H]2CC[C@@H]1N2. The lowest BCUT2D eigenvalue weighted by atomic mass is 9.95. The number of amides is 1. The molecule has 0 spiro atoms.